The summed E-state index contributed by atoms with van der Waals surface area (Å²) in [5, 5.41) is 2.30. The summed E-state index contributed by atoms with van der Waals surface area (Å²) in [5.41, 5.74) is 6.43. The van der Waals surface area contributed by atoms with Gasteiger partial charge in [0.15, 0.2) is 0 Å². The lowest BCUT2D eigenvalue weighted by Crippen LogP contribution is -3.23. The second-order valence-corrected chi connectivity index (χ2v) is 7.92. The molecule has 1 saturated carbocycles. The molecule has 0 bridgehead atoms. The number of nitrogens with two attached hydrogens (primary N) is 1. The van der Waals surface area contributed by atoms with Crippen molar-refractivity contribution in [3.05, 3.63) is 10.7 Å². The molecule has 1 heterocycles. The molecule has 6 heteroatoms. The van der Waals surface area contributed by atoms with Gasteiger partial charge in [-0.1, -0.05) is 6.92 Å². The predicted molar refractivity (Wildman–Crippen MR) is 83.1 cm³/mol. The van der Waals surface area contributed by atoms with Crippen molar-refractivity contribution in [3.8, 4) is 0 Å². The Morgan fingerprint density at radius 3 is 2.89 bits per heavy atom. The molecule has 0 radical (unpaired) electrons. The summed E-state index contributed by atoms with van der Waals surface area (Å²) in [7, 11) is 0. The van der Waals surface area contributed by atoms with E-state index in [1.807, 2.05) is 6.92 Å². The minimum absolute atomic E-state index is 0.0332. The Hall–Kier alpha value is -0.460. The quantitative estimate of drug-likeness (QED) is 0.399. The van der Waals surface area contributed by atoms with Crippen LogP contribution in [0.2, 0.25) is 0 Å². The van der Waals surface area contributed by atoms with Gasteiger partial charge in [-0.25, -0.2) is 4.79 Å². The summed E-state index contributed by atoms with van der Waals surface area (Å²) in [6.07, 6.45) is 2.22. The summed E-state index contributed by atoms with van der Waals surface area (Å²) in [4.78, 5) is 16.4. The number of amidine groups is 1. The van der Waals surface area contributed by atoms with Crippen LogP contribution >= 0.6 is 11.8 Å². The van der Waals surface area contributed by atoms with Crippen LogP contribution in [0.4, 0.5) is 0 Å². The highest BCUT2D eigenvalue weighted by atomic mass is 32.2. The number of thiol groups is 1. The normalized spacial score (nSPS) is 30.6. The van der Waals surface area contributed by atoms with Crippen molar-refractivity contribution >= 4 is 35.3 Å². The Kier molecular flexibility index (Phi) is 4.97. The van der Waals surface area contributed by atoms with E-state index < -0.39 is 0 Å². The second kappa shape index (κ2) is 6.33. The Labute approximate surface area is 123 Å². The van der Waals surface area contributed by atoms with Gasteiger partial charge in [-0.3, -0.25) is 0 Å². The van der Waals surface area contributed by atoms with Gasteiger partial charge in [0.05, 0.1) is 18.7 Å². The van der Waals surface area contributed by atoms with Crippen LogP contribution in [0.5, 0.6) is 0 Å². The van der Waals surface area contributed by atoms with Gasteiger partial charge in [0, 0.05) is 6.42 Å². The van der Waals surface area contributed by atoms with Crippen molar-refractivity contribution in [3.63, 3.8) is 0 Å². The van der Waals surface area contributed by atoms with Crippen molar-refractivity contribution < 1.29 is 14.7 Å². The lowest BCUT2D eigenvalue weighted by Gasteiger charge is -2.15. The standard InChI is InChI=1S/C13H21N3OS2/c1-4-6-16-8(3)15-12(11(14)13(16)17)19-10-7-9(10)18-5-2/h9-10H,4-7,14H2,1-3H3/p+3. The molecule has 1 aliphatic heterocycles. The minimum atomic E-state index is 0.0332. The average molecular weight is 302 g/mol. The molecule has 3 atom stereocenters. The molecule has 3 unspecified atom stereocenters. The number of rotatable bonds is 6. The molecular formula is C13H24N3OS2+3. The fourth-order valence-electron chi connectivity index (χ4n) is 2.26. The van der Waals surface area contributed by atoms with Crippen LogP contribution in [0.25, 0.3) is 0 Å². The highest BCUT2D eigenvalue weighted by molar-refractivity contribution is 8.04. The van der Waals surface area contributed by atoms with Crippen LogP contribution in [-0.4, -0.2) is 34.5 Å². The molecule has 0 aromatic carbocycles. The lowest BCUT2D eigenvalue weighted by atomic mass is 10.3. The largest absolute Gasteiger partial charge is 0.385 e. The van der Waals surface area contributed by atoms with E-state index in [4.69, 9.17) is 5.73 Å². The van der Waals surface area contributed by atoms with E-state index in [2.05, 4.69) is 18.8 Å². The van der Waals surface area contributed by atoms with Crippen LogP contribution in [0.3, 0.4) is 0 Å². The number of carbonyl (C=O) groups excluding carboxylic acids is 1. The van der Waals surface area contributed by atoms with Gasteiger partial charge in [-0.2, -0.15) is 9.89 Å². The zero-order valence-electron chi connectivity index (χ0n) is 11.8. The average Bonchev–Trinajstić information content (AvgIpc) is 3.10. The summed E-state index contributed by atoms with van der Waals surface area (Å²) in [6.45, 7) is 7.07. The smallest absolute Gasteiger partial charge is 0.377 e. The summed E-state index contributed by atoms with van der Waals surface area (Å²) >= 11 is 3.27. The van der Waals surface area contributed by atoms with E-state index in [-0.39, 0.29) is 5.91 Å². The molecule has 2 aliphatic rings. The molecule has 1 fully saturated rings. The second-order valence-electron chi connectivity index (χ2n) is 5.01. The molecule has 19 heavy (non-hydrogen) atoms. The minimum Gasteiger partial charge on any atom is -0.385 e. The SMILES string of the molecule is CCC[NH+]1C(=O)C(N)=C(SC2CC2[SH+]CC)[NH+]=C1C. The van der Waals surface area contributed by atoms with Crippen molar-refractivity contribution in [1.29, 1.82) is 0 Å². The van der Waals surface area contributed by atoms with Gasteiger partial charge in [-0.15, -0.1) is 0 Å². The molecule has 106 valence electrons. The fraction of sp³-hybridized carbons (Fsp3) is 0.692. The summed E-state index contributed by atoms with van der Waals surface area (Å²) < 4.78 is 0. The van der Waals surface area contributed by atoms with Gasteiger partial charge in [-0.05, 0) is 36.9 Å². The first-order valence-electron chi connectivity index (χ1n) is 6.92. The number of hydrogen-bond acceptors (Lipinski definition) is 3. The first-order valence-corrected chi connectivity index (χ1v) is 8.95. The molecule has 0 aromatic heterocycles. The van der Waals surface area contributed by atoms with Gasteiger partial charge in [0.1, 0.15) is 11.0 Å². The topological polar surface area (TPSA) is 61.5 Å². The maximum atomic E-state index is 12.2. The molecule has 0 saturated heterocycles. The third kappa shape index (κ3) is 3.35. The van der Waals surface area contributed by atoms with Crippen LogP contribution in [-0.2, 0) is 16.6 Å². The Balaban J connectivity index is 2.03. The molecule has 1 amide bonds. The van der Waals surface area contributed by atoms with Crippen LogP contribution in [0.1, 0.15) is 33.6 Å². The molecule has 0 aromatic rings. The predicted octanol–water partition coefficient (Wildman–Crippen LogP) is -1.84. The maximum Gasteiger partial charge on any atom is 0.377 e. The first kappa shape index (κ1) is 14.9. The summed E-state index contributed by atoms with van der Waals surface area (Å²) in [6, 6.07) is 0. The Morgan fingerprint density at radius 1 is 1.53 bits per heavy atom. The number of nitrogens with one attached hydrogen (secondary N) is 2. The number of hydrogen-bond donors (Lipinski definition) is 3. The van der Waals surface area contributed by atoms with Crippen LogP contribution < -0.4 is 15.6 Å². The number of quaternary nitrogens is 1. The van der Waals surface area contributed by atoms with E-state index >= 15 is 0 Å². The maximum absolute atomic E-state index is 12.2. The fourth-order valence-corrected chi connectivity index (χ4v) is 5.12. The monoisotopic (exact) mass is 302 g/mol. The van der Waals surface area contributed by atoms with E-state index in [0.717, 1.165) is 34.0 Å². The van der Waals surface area contributed by atoms with Crippen LogP contribution in [0.15, 0.2) is 10.7 Å². The van der Waals surface area contributed by atoms with Gasteiger partial charge in [0.25, 0.3) is 5.03 Å². The van der Waals surface area contributed by atoms with Crippen molar-refractivity contribution in [1.82, 2.24) is 0 Å². The first-order chi connectivity index (χ1) is 9.08. The highest BCUT2D eigenvalue weighted by Gasteiger charge is 2.48. The van der Waals surface area contributed by atoms with E-state index in [0.29, 0.717) is 10.9 Å². The number of carbonyl (C=O) groups is 1. The van der Waals surface area contributed by atoms with Crippen LogP contribution in [0, 0.1) is 0 Å². The summed E-state index contributed by atoms with van der Waals surface area (Å²) in [5.74, 6) is 2.22. The van der Waals surface area contributed by atoms with E-state index in [1.54, 1.807) is 11.8 Å². The Morgan fingerprint density at radius 2 is 2.26 bits per heavy atom. The molecule has 0 spiro atoms. The zero-order valence-corrected chi connectivity index (χ0v) is 13.5. The van der Waals surface area contributed by atoms with Gasteiger partial charge in [0.2, 0.25) is 5.70 Å². The third-order valence-corrected chi connectivity index (χ3v) is 6.39. The molecule has 4 N–H and O–H groups in total. The number of amides is 1. The van der Waals surface area contributed by atoms with E-state index in [9.17, 15) is 4.79 Å². The molecule has 1 aliphatic carbocycles. The van der Waals surface area contributed by atoms with Gasteiger partial charge < -0.3 is 5.73 Å². The molecule has 2 rings (SSSR count). The van der Waals surface area contributed by atoms with Gasteiger partial charge >= 0.3 is 11.7 Å². The van der Waals surface area contributed by atoms with Crippen molar-refractivity contribution in [2.75, 3.05) is 12.3 Å². The lowest BCUT2D eigenvalue weighted by molar-refractivity contribution is -0.752. The third-order valence-electron chi connectivity index (χ3n) is 3.40. The zero-order chi connectivity index (χ0) is 14.0. The molecular weight excluding hydrogens is 278 g/mol. The number of thioether (sulfide) groups is 1. The van der Waals surface area contributed by atoms with Crippen molar-refractivity contribution in [2.45, 2.75) is 44.1 Å². The highest BCUT2D eigenvalue weighted by Crippen LogP contribution is 2.40. The van der Waals surface area contributed by atoms with Crippen molar-refractivity contribution in [2.24, 2.45) is 5.73 Å². The van der Waals surface area contributed by atoms with E-state index in [1.165, 1.54) is 23.9 Å². The Bertz CT molecular complexity index is 432. The molecule has 4 nitrogen and oxygen atoms in total.